The van der Waals surface area contributed by atoms with Crippen LogP contribution in [0.25, 0.3) is 4.85 Å². The lowest BCUT2D eigenvalue weighted by Gasteiger charge is -1.76. The average molecular weight is 152 g/mol. The highest BCUT2D eigenvalue weighted by atomic mass is 32.1. The summed E-state index contributed by atoms with van der Waals surface area (Å²) in [6.07, 6.45) is 0.647. The minimum Gasteiger partial charge on any atom is -0.392 e. The number of rotatable bonds is 1. The zero-order chi connectivity index (χ0) is 7.56. The fourth-order valence-electron chi connectivity index (χ4n) is 0.586. The minimum absolute atomic E-state index is 0.345. The molecule has 4 heteroatoms. The van der Waals surface area contributed by atoms with Crippen LogP contribution in [0, 0.1) is 6.57 Å². The maximum atomic E-state index is 10.2. The number of aldehydes is 1. The van der Waals surface area contributed by atoms with E-state index in [9.17, 15) is 4.79 Å². The van der Waals surface area contributed by atoms with Crippen LogP contribution in [-0.2, 0) is 0 Å². The molecule has 0 aliphatic heterocycles. The summed E-state index contributed by atoms with van der Waals surface area (Å²) in [5.74, 6) is 0. The van der Waals surface area contributed by atoms with Gasteiger partial charge in [0.05, 0.1) is 16.5 Å². The van der Waals surface area contributed by atoms with Gasteiger partial charge in [0.15, 0.2) is 0 Å². The van der Waals surface area contributed by atoms with Crippen LogP contribution in [0.3, 0.4) is 0 Å². The molecule has 3 nitrogen and oxygen atoms in total. The first kappa shape index (κ1) is 6.78. The number of hydrogen-bond donors (Lipinski definition) is 1. The van der Waals surface area contributed by atoms with Gasteiger partial charge in [-0.3, -0.25) is 4.79 Å². The lowest BCUT2D eigenvalue weighted by atomic mass is 10.4. The van der Waals surface area contributed by atoms with E-state index in [0.717, 1.165) is 11.3 Å². The second kappa shape index (κ2) is 2.50. The van der Waals surface area contributed by atoms with Crippen molar-refractivity contribution in [3.63, 3.8) is 0 Å². The Kier molecular flexibility index (Phi) is 1.69. The largest absolute Gasteiger partial charge is 0.392 e. The fraction of sp³-hybridized carbons (Fsp3) is 0. The smallest absolute Gasteiger partial charge is 0.210 e. The molecule has 0 aromatic carbocycles. The van der Waals surface area contributed by atoms with E-state index < -0.39 is 0 Å². The van der Waals surface area contributed by atoms with E-state index in [2.05, 4.69) is 4.85 Å². The van der Waals surface area contributed by atoms with Crippen molar-refractivity contribution in [3.8, 4) is 0 Å². The summed E-state index contributed by atoms with van der Waals surface area (Å²) in [4.78, 5) is 13.7. The van der Waals surface area contributed by atoms with Crippen molar-refractivity contribution in [2.45, 2.75) is 0 Å². The third-order valence-electron chi connectivity index (χ3n) is 0.987. The van der Waals surface area contributed by atoms with Crippen molar-refractivity contribution in [2.24, 2.45) is 0 Å². The van der Waals surface area contributed by atoms with Gasteiger partial charge >= 0.3 is 0 Å². The lowest BCUT2D eigenvalue weighted by molar-refractivity contribution is 0.112. The summed E-state index contributed by atoms with van der Waals surface area (Å²) >= 11 is 1.13. The van der Waals surface area contributed by atoms with Crippen LogP contribution < -0.4 is 5.73 Å². The molecule has 0 radical (unpaired) electrons. The third-order valence-corrected chi connectivity index (χ3v) is 1.87. The van der Waals surface area contributed by atoms with Crippen LogP contribution >= 0.6 is 11.3 Å². The van der Waals surface area contributed by atoms with Crippen LogP contribution in [0.15, 0.2) is 6.07 Å². The van der Waals surface area contributed by atoms with E-state index in [1.165, 1.54) is 6.07 Å². The second-order valence-electron chi connectivity index (χ2n) is 1.63. The molecular weight excluding hydrogens is 148 g/mol. The second-order valence-corrected chi connectivity index (χ2v) is 2.74. The van der Waals surface area contributed by atoms with E-state index in [4.69, 9.17) is 12.3 Å². The molecule has 0 spiro atoms. The Morgan fingerprint density at radius 1 is 1.80 bits per heavy atom. The zero-order valence-corrected chi connectivity index (χ0v) is 5.81. The highest BCUT2D eigenvalue weighted by Crippen LogP contribution is 2.29. The molecule has 0 aliphatic rings. The van der Waals surface area contributed by atoms with E-state index in [1.807, 2.05) is 0 Å². The number of anilines is 1. The van der Waals surface area contributed by atoms with Crippen molar-refractivity contribution < 1.29 is 4.79 Å². The van der Waals surface area contributed by atoms with Crippen LogP contribution in [0.2, 0.25) is 0 Å². The summed E-state index contributed by atoms with van der Waals surface area (Å²) in [6.45, 7) is 6.62. The summed E-state index contributed by atoms with van der Waals surface area (Å²) < 4.78 is 0. The van der Waals surface area contributed by atoms with E-state index in [1.54, 1.807) is 0 Å². The Hall–Kier alpha value is -1.34. The monoisotopic (exact) mass is 152 g/mol. The van der Waals surface area contributed by atoms with Gasteiger partial charge in [0.1, 0.15) is 6.29 Å². The molecule has 0 aliphatic carbocycles. The van der Waals surface area contributed by atoms with Crippen LogP contribution in [0.4, 0.5) is 10.7 Å². The number of thiophene rings is 1. The number of nitrogens with two attached hydrogens (primary N) is 1. The molecule has 1 rings (SSSR count). The number of hydrogen-bond acceptors (Lipinski definition) is 3. The van der Waals surface area contributed by atoms with Crippen LogP contribution in [-0.4, -0.2) is 6.29 Å². The highest BCUT2D eigenvalue weighted by Gasteiger charge is 2.04. The minimum atomic E-state index is 0.345. The van der Waals surface area contributed by atoms with Gasteiger partial charge in [-0.1, -0.05) is 0 Å². The third kappa shape index (κ3) is 0.993. The SMILES string of the molecule is [C-]#[N+]c1cc(N)sc1C=O. The van der Waals surface area contributed by atoms with Crippen molar-refractivity contribution in [3.05, 3.63) is 22.4 Å². The van der Waals surface area contributed by atoms with Crippen LogP contribution in [0.1, 0.15) is 9.67 Å². The molecule has 1 aromatic heterocycles. The van der Waals surface area contributed by atoms with Crippen molar-refractivity contribution in [2.75, 3.05) is 5.73 Å². The number of carbonyl (C=O) groups excluding carboxylic acids is 1. The van der Waals surface area contributed by atoms with E-state index >= 15 is 0 Å². The van der Waals surface area contributed by atoms with E-state index in [-0.39, 0.29) is 0 Å². The summed E-state index contributed by atoms with van der Waals surface area (Å²) in [7, 11) is 0. The molecule has 2 N–H and O–H groups in total. The Bertz CT molecular complexity index is 297. The first-order valence-electron chi connectivity index (χ1n) is 2.50. The molecule has 50 valence electrons. The topological polar surface area (TPSA) is 47.5 Å². The molecule has 0 saturated heterocycles. The number of nitrogen functional groups attached to an aromatic ring is 1. The molecule has 0 amide bonds. The Balaban J connectivity index is 3.24. The molecule has 0 saturated carbocycles. The lowest BCUT2D eigenvalue weighted by Crippen LogP contribution is -1.72. The maximum Gasteiger partial charge on any atom is 0.210 e. The molecule has 0 fully saturated rings. The molecule has 1 heterocycles. The average Bonchev–Trinajstić information content (AvgIpc) is 2.30. The predicted octanol–water partition coefficient (Wildman–Crippen LogP) is 1.69. The Labute approximate surface area is 61.9 Å². The first-order chi connectivity index (χ1) is 4.77. The molecule has 0 bridgehead atoms. The first-order valence-corrected chi connectivity index (χ1v) is 3.31. The molecular formula is C6H4N2OS. The Morgan fingerprint density at radius 2 is 2.50 bits per heavy atom. The number of carbonyl (C=O) groups is 1. The van der Waals surface area contributed by atoms with Gasteiger partial charge in [-0.2, -0.15) is 0 Å². The normalized spacial score (nSPS) is 8.70. The Morgan fingerprint density at radius 3 is 2.90 bits per heavy atom. The summed E-state index contributed by atoms with van der Waals surface area (Å²) in [5.41, 5.74) is 5.69. The quantitative estimate of drug-likeness (QED) is 0.491. The fourth-order valence-corrected chi connectivity index (χ4v) is 1.27. The van der Waals surface area contributed by atoms with Crippen molar-refractivity contribution >= 4 is 28.3 Å². The van der Waals surface area contributed by atoms with Gasteiger partial charge in [-0.15, -0.1) is 11.3 Å². The van der Waals surface area contributed by atoms with Crippen molar-refractivity contribution in [1.82, 2.24) is 0 Å². The van der Waals surface area contributed by atoms with Crippen molar-refractivity contribution in [1.29, 1.82) is 0 Å². The van der Waals surface area contributed by atoms with Gasteiger partial charge in [-0.05, 0) is 6.07 Å². The molecule has 0 atom stereocenters. The van der Waals surface area contributed by atoms with Gasteiger partial charge < -0.3 is 5.73 Å². The van der Waals surface area contributed by atoms with Gasteiger partial charge in [-0.25, -0.2) is 4.85 Å². The standard InChI is InChI=1S/C6H4N2OS/c1-8-4-2-6(7)10-5(4)3-9/h2-3H,7H2. The maximum absolute atomic E-state index is 10.2. The van der Waals surface area contributed by atoms with E-state index in [0.29, 0.717) is 21.9 Å². The highest BCUT2D eigenvalue weighted by molar-refractivity contribution is 7.18. The molecule has 1 aromatic rings. The summed E-state index contributed by atoms with van der Waals surface area (Å²) in [5, 5.41) is 0.508. The number of nitrogens with zero attached hydrogens (tertiary/aromatic N) is 1. The van der Waals surface area contributed by atoms with Gasteiger partial charge in [0.2, 0.25) is 5.69 Å². The summed E-state index contributed by atoms with van der Waals surface area (Å²) in [6, 6.07) is 1.50. The predicted molar refractivity (Wildman–Crippen MR) is 40.4 cm³/mol. The van der Waals surface area contributed by atoms with Gasteiger partial charge in [0.25, 0.3) is 0 Å². The zero-order valence-electron chi connectivity index (χ0n) is 5.00. The molecule has 0 unspecified atom stereocenters. The van der Waals surface area contributed by atoms with Gasteiger partial charge in [0, 0.05) is 0 Å². The van der Waals surface area contributed by atoms with Crippen LogP contribution in [0.5, 0.6) is 0 Å². The molecule has 10 heavy (non-hydrogen) atoms.